The first-order valence-electron chi connectivity index (χ1n) is 13.1. The topological polar surface area (TPSA) is 116 Å². The van der Waals surface area contributed by atoms with Gasteiger partial charge >= 0.3 is 12.4 Å². The summed E-state index contributed by atoms with van der Waals surface area (Å²) in [5.74, 6) is -2.20. The number of hydrogen-bond donors (Lipinski definition) is 1. The number of alkyl halides is 6. The number of hydrogen-bond acceptors (Lipinski definition) is 6. The van der Waals surface area contributed by atoms with E-state index in [0.29, 0.717) is 16.9 Å². The molecule has 0 bridgehead atoms. The maximum absolute atomic E-state index is 14.5. The lowest BCUT2D eigenvalue weighted by molar-refractivity contribution is -0.143. The van der Waals surface area contributed by atoms with Crippen LogP contribution < -0.4 is 10.9 Å². The van der Waals surface area contributed by atoms with Gasteiger partial charge in [-0.1, -0.05) is 12.1 Å². The lowest BCUT2D eigenvalue weighted by Crippen LogP contribution is -2.22. The second-order valence-electron chi connectivity index (χ2n) is 9.70. The first-order chi connectivity index (χ1) is 21.8. The predicted molar refractivity (Wildman–Crippen MR) is 150 cm³/mol. The van der Waals surface area contributed by atoms with Crippen LogP contribution in [0.4, 0.5) is 32.0 Å². The van der Waals surface area contributed by atoms with Gasteiger partial charge in [0.2, 0.25) is 0 Å². The predicted octanol–water partition coefficient (Wildman–Crippen LogP) is 5.59. The van der Waals surface area contributed by atoms with Crippen LogP contribution in [0.1, 0.15) is 37.5 Å². The van der Waals surface area contributed by atoms with Gasteiger partial charge in [0.05, 0.1) is 34.3 Å². The van der Waals surface area contributed by atoms with Crippen molar-refractivity contribution in [2.24, 2.45) is 0 Å². The van der Waals surface area contributed by atoms with Crippen LogP contribution >= 0.6 is 0 Å². The van der Waals surface area contributed by atoms with Crippen LogP contribution in [0.2, 0.25) is 0 Å². The molecule has 2 aromatic carbocycles. The van der Waals surface area contributed by atoms with E-state index in [2.05, 4.69) is 20.5 Å². The van der Waals surface area contributed by atoms with Crippen LogP contribution in [0.25, 0.3) is 17.0 Å². The summed E-state index contributed by atoms with van der Waals surface area (Å²) in [6, 6.07) is 13.1. The molecule has 232 valence electrons. The number of ketones is 1. The van der Waals surface area contributed by atoms with Crippen LogP contribution in [-0.4, -0.2) is 40.6 Å². The maximum atomic E-state index is 14.5. The summed E-state index contributed by atoms with van der Waals surface area (Å²) < 4.78 is 87.6. The molecule has 0 spiro atoms. The Kier molecular flexibility index (Phi) is 7.26. The van der Waals surface area contributed by atoms with E-state index in [-0.39, 0.29) is 28.1 Å². The molecule has 46 heavy (non-hydrogen) atoms. The normalized spacial score (nSPS) is 12.0. The van der Waals surface area contributed by atoms with E-state index in [9.17, 15) is 40.7 Å². The summed E-state index contributed by atoms with van der Waals surface area (Å²) in [7, 11) is 0. The molecule has 0 unspecified atom stereocenters. The molecule has 0 aliphatic heterocycles. The molecule has 0 fully saturated rings. The highest BCUT2D eigenvalue weighted by Gasteiger charge is 2.41. The number of rotatable bonds is 6. The van der Waals surface area contributed by atoms with Gasteiger partial charge in [-0.3, -0.25) is 18.8 Å². The Morgan fingerprint density at radius 1 is 0.739 bits per heavy atom. The molecule has 0 aliphatic rings. The fraction of sp³-hybridized carbons (Fsp3) is 0.0667. The number of benzene rings is 2. The minimum atomic E-state index is -5.21. The van der Waals surface area contributed by atoms with Crippen LogP contribution in [0.5, 0.6) is 0 Å². The summed E-state index contributed by atoms with van der Waals surface area (Å²) >= 11 is 0. The lowest BCUT2D eigenvalue weighted by atomic mass is 10.0. The second kappa shape index (κ2) is 11.1. The molecular formula is C30H17F6N7O3. The number of carbonyl (C=O) groups excluding carboxylic acids is 2. The number of nitrogens with zero attached hydrogens (tertiary/aromatic N) is 6. The van der Waals surface area contributed by atoms with Gasteiger partial charge in [-0.2, -0.15) is 36.5 Å². The molecule has 1 N–H and O–H groups in total. The molecule has 0 radical (unpaired) electrons. The number of carbonyl (C=O) groups is 2. The molecule has 4 aromatic heterocycles. The van der Waals surface area contributed by atoms with Gasteiger partial charge in [0.15, 0.2) is 17.1 Å². The molecular weight excluding hydrogens is 620 g/mol. The highest BCUT2D eigenvalue weighted by molar-refractivity contribution is 6.14. The third kappa shape index (κ3) is 5.40. The van der Waals surface area contributed by atoms with E-state index in [1.165, 1.54) is 73.3 Å². The zero-order valence-corrected chi connectivity index (χ0v) is 22.9. The zero-order valence-electron chi connectivity index (χ0n) is 22.9. The molecule has 0 saturated heterocycles. The number of pyridine rings is 1. The number of nitrogens with one attached hydrogen (secondary N) is 1. The van der Waals surface area contributed by atoms with Gasteiger partial charge in [-0.15, -0.1) is 0 Å². The van der Waals surface area contributed by atoms with E-state index >= 15 is 0 Å². The van der Waals surface area contributed by atoms with E-state index < -0.39 is 52.1 Å². The second-order valence-corrected chi connectivity index (χ2v) is 9.70. The zero-order chi connectivity index (χ0) is 32.8. The van der Waals surface area contributed by atoms with Gasteiger partial charge < -0.3 is 5.32 Å². The number of anilines is 1. The highest BCUT2D eigenvalue weighted by atomic mass is 19.4. The molecule has 0 aliphatic carbocycles. The third-order valence-corrected chi connectivity index (χ3v) is 6.83. The fourth-order valence-corrected chi connectivity index (χ4v) is 4.85. The Morgan fingerprint density at radius 3 is 2.22 bits per heavy atom. The highest BCUT2D eigenvalue weighted by Crippen LogP contribution is 2.37. The minimum Gasteiger partial charge on any atom is -0.322 e. The van der Waals surface area contributed by atoms with Crippen molar-refractivity contribution in [3.8, 4) is 11.4 Å². The van der Waals surface area contributed by atoms with Crippen LogP contribution in [0.15, 0.2) is 103 Å². The van der Waals surface area contributed by atoms with Crippen LogP contribution in [0.3, 0.4) is 0 Å². The lowest BCUT2D eigenvalue weighted by Gasteiger charge is -2.16. The summed E-state index contributed by atoms with van der Waals surface area (Å²) in [5, 5.41) is 9.61. The SMILES string of the molecule is O=C(Nc1ccc(-n2cccn2)c(C(F)(F)F)c1)c1cnn(-c2ccccc2C(=O)c2cccn3c(=O)ccnc23)c1C(F)(F)F. The first-order valence-corrected chi connectivity index (χ1v) is 13.1. The van der Waals surface area contributed by atoms with Crippen molar-refractivity contribution in [2.45, 2.75) is 12.4 Å². The van der Waals surface area contributed by atoms with E-state index in [1.54, 1.807) is 0 Å². The van der Waals surface area contributed by atoms with Gasteiger partial charge in [-0.05, 0) is 48.5 Å². The first kappa shape index (κ1) is 30.0. The Hall–Kier alpha value is -6.06. The molecule has 0 saturated carbocycles. The van der Waals surface area contributed by atoms with Gasteiger partial charge in [-0.25, -0.2) is 14.3 Å². The summed E-state index contributed by atoms with van der Waals surface area (Å²) in [5.41, 5.74) is -5.85. The summed E-state index contributed by atoms with van der Waals surface area (Å²) in [6.45, 7) is 0. The quantitative estimate of drug-likeness (QED) is 0.188. The number of halogens is 6. The monoisotopic (exact) mass is 637 g/mol. The Balaban J connectivity index is 1.41. The average Bonchev–Trinajstić information content (AvgIpc) is 3.72. The van der Waals surface area contributed by atoms with Gasteiger partial charge in [0.1, 0.15) is 0 Å². The van der Waals surface area contributed by atoms with Crippen molar-refractivity contribution in [3.05, 3.63) is 136 Å². The van der Waals surface area contributed by atoms with E-state index in [0.717, 1.165) is 21.2 Å². The van der Waals surface area contributed by atoms with Gasteiger partial charge in [0, 0.05) is 42.1 Å². The number of para-hydroxylation sites is 1. The van der Waals surface area contributed by atoms with Crippen molar-refractivity contribution >= 4 is 23.0 Å². The largest absolute Gasteiger partial charge is 0.434 e. The molecule has 0 atom stereocenters. The smallest absolute Gasteiger partial charge is 0.322 e. The van der Waals surface area contributed by atoms with Crippen molar-refractivity contribution in [3.63, 3.8) is 0 Å². The molecule has 16 heteroatoms. The van der Waals surface area contributed by atoms with Crippen molar-refractivity contribution in [2.75, 3.05) is 5.32 Å². The number of amides is 1. The third-order valence-electron chi connectivity index (χ3n) is 6.83. The van der Waals surface area contributed by atoms with Crippen LogP contribution in [0, 0.1) is 0 Å². The number of fused-ring (bicyclic) bond motifs is 1. The Morgan fingerprint density at radius 2 is 1.50 bits per heavy atom. The van der Waals surface area contributed by atoms with E-state index in [4.69, 9.17) is 0 Å². The summed E-state index contributed by atoms with van der Waals surface area (Å²) in [6.07, 6.45) is -4.42. The van der Waals surface area contributed by atoms with Crippen molar-refractivity contribution in [1.29, 1.82) is 0 Å². The fourth-order valence-electron chi connectivity index (χ4n) is 4.85. The van der Waals surface area contributed by atoms with Crippen molar-refractivity contribution < 1.29 is 35.9 Å². The molecule has 4 heterocycles. The molecule has 1 amide bonds. The molecule has 6 rings (SSSR count). The average molecular weight is 638 g/mol. The van der Waals surface area contributed by atoms with Crippen molar-refractivity contribution in [1.82, 2.24) is 28.9 Å². The van der Waals surface area contributed by atoms with Crippen LogP contribution in [-0.2, 0) is 12.4 Å². The van der Waals surface area contributed by atoms with E-state index in [1.807, 2.05) is 0 Å². The standard InChI is InChI=1S/C30H17F6N7O3/c31-29(32,33)21-15-17(8-9-23(21)42-14-4-11-38-42)40-28(46)20-16-39-43(26(20)30(34,35)36)22-7-2-1-5-18(22)25(45)19-6-3-13-41-24(44)10-12-37-27(19)41/h1-16H,(H,40,46). The summed E-state index contributed by atoms with van der Waals surface area (Å²) in [4.78, 5) is 43.1. The van der Waals surface area contributed by atoms with Gasteiger partial charge in [0.25, 0.3) is 11.5 Å². The Bertz CT molecular complexity index is 2180. The Labute approximate surface area is 253 Å². The number of aromatic nitrogens is 6. The minimum absolute atomic E-state index is 0.0387. The molecule has 10 nitrogen and oxygen atoms in total. The maximum Gasteiger partial charge on any atom is 0.434 e. The molecule has 6 aromatic rings.